The first kappa shape index (κ1) is 26.8. The number of rotatable bonds is 9. The first-order chi connectivity index (χ1) is 20.0. The molecule has 41 heavy (non-hydrogen) atoms. The van der Waals surface area contributed by atoms with E-state index in [1.807, 2.05) is 18.2 Å². The molecule has 5 heteroatoms. The van der Waals surface area contributed by atoms with E-state index in [4.69, 9.17) is 16.5 Å². The molecule has 0 saturated carbocycles. The molecule has 1 aliphatic rings. The summed E-state index contributed by atoms with van der Waals surface area (Å²) in [5.41, 5.74) is 21.0. The standard InChI is InChI=1S/C36H38N4O/c1-2-3-4-17-33(36(38)41)40(35-28-13-7-9-15-31(28)39-32-16-10-8-14-29(32)35)34-23-27(20-21-30(34)37)26-19-18-24-11-5-6-12-25(24)22-26/h5-7,9,11-13,15,18-23,33H,2-4,8,10,14,16-17,37H2,1H3,(H2,38,41). The van der Waals surface area contributed by atoms with E-state index in [2.05, 4.69) is 78.6 Å². The minimum Gasteiger partial charge on any atom is -0.397 e. The van der Waals surface area contributed by atoms with Gasteiger partial charge in [0.2, 0.25) is 5.91 Å². The second-order valence-corrected chi connectivity index (χ2v) is 11.2. The summed E-state index contributed by atoms with van der Waals surface area (Å²) < 4.78 is 0. The Bertz CT molecular complexity index is 1730. The Hall–Kier alpha value is -4.38. The van der Waals surface area contributed by atoms with Crippen molar-refractivity contribution in [2.45, 2.75) is 64.3 Å². The zero-order valence-electron chi connectivity index (χ0n) is 23.8. The minimum atomic E-state index is -0.535. The molecule has 0 aliphatic heterocycles. The quantitative estimate of drug-likeness (QED) is 0.146. The van der Waals surface area contributed by atoms with Crippen molar-refractivity contribution >= 4 is 44.6 Å². The lowest BCUT2D eigenvalue weighted by atomic mass is 9.90. The number of pyridine rings is 1. The molecule has 0 fully saturated rings. The number of nitrogen functional groups attached to an aromatic ring is 1. The van der Waals surface area contributed by atoms with Crippen molar-refractivity contribution in [3.8, 4) is 11.1 Å². The van der Waals surface area contributed by atoms with Crippen molar-refractivity contribution in [2.24, 2.45) is 5.73 Å². The van der Waals surface area contributed by atoms with E-state index in [-0.39, 0.29) is 5.91 Å². The molecule has 1 aliphatic carbocycles. The fourth-order valence-corrected chi connectivity index (χ4v) is 6.35. The molecule has 4 aromatic carbocycles. The van der Waals surface area contributed by atoms with Gasteiger partial charge in [0.1, 0.15) is 6.04 Å². The van der Waals surface area contributed by atoms with Crippen LogP contribution in [-0.4, -0.2) is 16.9 Å². The van der Waals surface area contributed by atoms with Gasteiger partial charge in [-0.15, -0.1) is 0 Å². The van der Waals surface area contributed by atoms with Crippen LogP contribution in [0.25, 0.3) is 32.8 Å². The van der Waals surface area contributed by atoms with Crippen LogP contribution in [0.4, 0.5) is 17.1 Å². The Morgan fingerprint density at radius 2 is 1.61 bits per heavy atom. The topological polar surface area (TPSA) is 85.2 Å². The lowest BCUT2D eigenvalue weighted by Crippen LogP contribution is -2.43. The highest BCUT2D eigenvalue weighted by atomic mass is 16.1. The second-order valence-electron chi connectivity index (χ2n) is 11.2. The van der Waals surface area contributed by atoms with Crippen LogP contribution >= 0.6 is 0 Å². The van der Waals surface area contributed by atoms with Crippen LogP contribution in [0.5, 0.6) is 0 Å². The van der Waals surface area contributed by atoms with Gasteiger partial charge in [-0.1, -0.05) is 86.8 Å². The van der Waals surface area contributed by atoms with Gasteiger partial charge in [0.15, 0.2) is 0 Å². The molecule has 5 nitrogen and oxygen atoms in total. The molecule has 1 aromatic heterocycles. The lowest BCUT2D eigenvalue weighted by molar-refractivity contribution is -0.119. The molecule has 0 spiro atoms. The summed E-state index contributed by atoms with van der Waals surface area (Å²) in [4.78, 5) is 20.6. The van der Waals surface area contributed by atoms with Crippen LogP contribution in [0.1, 0.15) is 56.7 Å². The van der Waals surface area contributed by atoms with Gasteiger partial charge < -0.3 is 16.4 Å². The van der Waals surface area contributed by atoms with Crippen molar-refractivity contribution in [3.63, 3.8) is 0 Å². The Morgan fingerprint density at radius 3 is 2.44 bits per heavy atom. The zero-order valence-corrected chi connectivity index (χ0v) is 23.8. The number of carbonyl (C=O) groups excluding carboxylic acids is 1. The summed E-state index contributed by atoms with van der Waals surface area (Å²) in [5.74, 6) is -0.331. The van der Waals surface area contributed by atoms with E-state index < -0.39 is 6.04 Å². The largest absolute Gasteiger partial charge is 0.397 e. The number of aromatic nitrogens is 1. The molecule has 0 radical (unpaired) electrons. The number of unbranched alkanes of at least 4 members (excludes halogenated alkanes) is 2. The Kier molecular flexibility index (Phi) is 7.60. The predicted octanol–water partition coefficient (Wildman–Crippen LogP) is 8.09. The lowest BCUT2D eigenvalue weighted by Gasteiger charge is -2.36. The van der Waals surface area contributed by atoms with E-state index in [0.717, 1.165) is 84.0 Å². The van der Waals surface area contributed by atoms with Gasteiger partial charge in [0.05, 0.1) is 22.6 Å². The number of carbonyl (C=O) groups is 1. The molecule has 0 saturated heterocycles. The Morgan fingerprint density at radius 1 is 0.878 bits per heavy atom. The molecule has 5 aromatic rings. The van der Waals surface area contributed by atoms with Gasteiger partial charge in [-0.25, -0.2) is 0 Å². The predicted molar refractivity (Wildman–Crippen MR) is 171 cm³/mol. The van der Waals surface area contributed by atoms with Crippen molar-refractivity contribution in [2.75, 3.05) is 10.6 Å². The van der Waals surface area contributed by atoms with Gasteiger partial charge in [0, 0.05) is 11.1 Å². The number of primary amides is 1. The molecule has 1 unspecified atom stereocenters. The maximum Gasteiger partial charge on any atom is 0.240 e. The summed E-state index contributed by atoms with van der Waals surface area (Å²) in [7, 11) is 0. The van der Waals surface area contributed by atoms with Crippen LogP contribution in [0, 0.1) is 0 Å². The van der Waals surface area contributed by atoms with Gasteiger partial charge in [-0.05, 0) is 83.8 Å². The number of aryl methyl sites for hydroxylation is 1. The van der Waals surface area contributed by atoms with Crippen molar-refractivity contribution in [1.82, 2.24) is 4.98 Å². The highest BCUT2D eigenvalue weighted by molar-refractivity contribution is 6.01. The summed E-state index contributed by atoms with van der Waals surface area (Å²) in [6, 6.07) is 28.8. The third-order valence-corrected chi connectivity index (χ3v) is 8.47. The van der Waals surface area contributed by atoms with E-state index in [1.165, 1.54) is 16.3 Å². The van der Waals surface area contributed by atoms with E-state index in [9.17, 15) is 4.79 Å². The van der Waals surface area contributed by atoms with Gasteiger partial charge in [-0.3, -0.25) is 9.78 Å². The van der Waals surface area contributed by atoms with Crippen molar-refractivity contribution in [3.05, 3.63) is 96.2 Å². The maximum atomic E-state index is 13.3. The summed E-state index contributed by atoms with van der Waals surface area (Å²) >= 11 is 0. The van der Waals surface area contributed by atoms with Crippen LogP contribution in [0.2, 0.25) is 0 Å². The maximum absolute atomic E-state index is 13.3. The summed E-state index contributed by atoms with van der Waals surface area (Å²) in [5, 5.41) is 3.42. The molecule has 0 bridgehead atoms. The number of nitrogens with two attached hydrogens (primary N) is 2. The van der Waals surface area contributed by atoms with Crippen LogP contribution in [0.3, 0.4) is 0 Å². The second kappa shape index (κ2) is 11.6. The normalized spacial score (nSPS) is 13.7. The van der Waals surface area contributed by atoms with Crippen molar-refractivity contribution in [1.29, 1.82) is 0 Å². The number of fused-ring (bicyclic) bond motifs is 3. The number of benzene rings is 4. The zero-order chi connectivity index (χ0) is 28.3. The molecule has 1 atom stereocenters. The Labute approximate surface area is 242 Å². The third kappa shape index (κ3) is 5.24. The number of nitrogens with zero attached hydrogens (tertiary/aromatic N) is 2. The van der Waals surface area contributed by atoms with Gasteiger partial charge >= 0.3 is 0 Å². The number of amides is 1. The summed E-state index contributed by atoms with van der Waals surface area (Å²) in [6.07, 6.45) is 7.75. The molecule has 4 N–H and O–H groups in total. The van der Waals surface area contributed by atoms with Crippen LogP contribution in [-0.2, 0) is 17.6 Å². The average molecular weight is 543 g/mol. The smallest absolute Gasteiger partial charge is 0.240 e. The molecule has 1 heterocycles. The monoisotopic (exact) mass is 542 g/mol. The molecular formula is C36H38N4O. The SMILES string of the molecule is CCCCCC(C(N)=O)N(c1cc(-c2ccc3ccccc3c2)ccc1N)c1c2c(nc3ccccc13)CCCC2. The highest BCUT2D eigenvalue weighted by Gasteiger charge is 2.32. The van der Waals surface area contributed by atoms with Gasteiger partial charge in [-0.2, -0.15) is 0 Å². The van der Waals surface area contributed by atoms with E-state index in [1.54, 1.807) is 0 Å². The molecule has 6 rings (SSSR count). The fraction of sp³-hybridized carbons (Fsp3) is 0.278. The van der Waals surface area contributed by atoms with Crippen LogP contribution < -0.4 is 16.4 Å². The third-order valence-electron chi connectivity index (χ3n) is 8.47. The molecule has 208 valence electrons. The van der Waals surface area contributed by atoms with Crippen molar-refractivity contribution < 1.29 is 4.79 Å². The summed E-state index contributed by atoms with van der Waals surface area (Å²) in [6.45, 7) is 2.18. The Balaban J connectivity index is 1.59. The van der Waals surface area contributed by atoms with E-state index in [0.29, 0.717) is 12.1 Å². The number of para-hydroxylation sites is 1. The fourth-order valence-electron chi connectivity index (χ4n) is 6.35. The minimum absolute atomic E-state index is 0.331. The number of hydrogen-bond donors (Lipinski definition) is 2. The van der Waals surface area contributed by atoms with Crippen LogP contribution in [0.15, 0.2) is 84.9 Å². The first-order valence-electron chi connectivity index (χ1n) is 14.9. The highest BCUT2D eigenvalue weighted by Crippen LogP contribution is 2.44. The van der Waals surface area contributed by atoms with E-state index >= 15 is 0 Å². The molecular weight excluding hydrogens is 504 g/mol. The first-order valence-corrected chi connectivity index (χ1v) is 14.9. The average Bonchev–Trinajstić information content (AvgIpc) is 3.00. The number of anilines is 3. The number of hydrogen-bond acceptors (Lipinski definition) is 4. The molecule has 1 amide bonds. The van der Waals surface area contributed by atoms with Gasteiger partial charge in [0.25, 0.3) is 0 Å².